The minimum atomic E-state index is -0.810. The van der Waals surface area contributed by atoms with Gasteiger partial charge < -0.3 is 14.8 Å². The second-order valence-electron chi connectivity index (χ2n) is 7.04. The summed E-state index contributed by atoms with van der Waals surface area (Å²) in [5.41, 5.74) is 0.785. The fourth-order valence-electron chi connectivity index (χ4n) is 2.65. The van der Waals surface area contributed by atoms with E-state index in [1.165, 1.54) is 0 Å². The van der Waals surface area contributed by atoms with Gasteiger partial charge in [-0.25, -0.2) is 4.98 Å². The molecule has 0 aliphatic heterocycles. The molecule has 1 atom stereocenters. The van der Waals surface area contributed by atoms with E-state index in [9.17, 15) is 4.79 Å². The lowest BCUT2D eigenvalue weighted by atomic mass is 9.96. The number of hydrogen-bond donors (Lipinski definition) is 1. The van der Waals surface area contributed by atoms with Gasteiger partial charge in [-0.15, -0.1) is 0 Å². The van der Waals surface area contributed by atoms with E-state index < -0.39 is 5.60 Å². The second-order valence-corrected chi connectivity index (χ2v) is 7.04. The molecule has 0 fully saturated rings. The van der Waals surface area contributed by atoms with Gasteiger partial charge in [0.25, 0.3) is 5.91 Å². The zero-order valence-corrected chi connectivity index (χ0v) is 17.2. The first-order valence-electron chi connectivity index (χ1n) is 10.0. The van der Waals surface area contributed by atoms with Gasteiger partial charge in [0.05, 0.1) is 18.5 Å². The summed E-state index contributed by atoms with van der Waals surface area (Å²) in [4.78, 5) is 17.2. The number of anilines is 1. The Kier molecular flexibility index (Phi) is 10.3. The van der Waals surface area contributed by atoms with Gasteiger partial charge >= 0.3 is 0 Å². The van der Waals surface area contributed by atoms with Crippen molar-refractivity contribution in [1.82, 2.24) is 4.98 Å². The summed E-state index contributed by atoms with van der Waals surface area (Å²) in [6.07, 6.45) is 8.55. The molecule has 0 spiro atoms. The van der Waals surface area contributed by atoms with Crippen molar-refractivity contribution < 1.29 is 14.3 Å². The molecule has 1 rings (SSSR count). The quantitative estimate of drug-likeness (QED) is 0.484. The number of carbonyl (C=O) groups is 1. The van der Waals surface area contributed by atoms with Crippen LogP contribution in [0.4, 0.5) is 5.69 Å². The first-order chi connectivity index (χ1) is 12.5. The number of rotatable bonds is 13. The molecule has 0 saturated heterocycles. The van der Waals surface area contributed by atoms with Crippen LogP contribution in [0, 0.1) is 6.92 Å². The van der Waals surface area contributed by atoms with E-state index in [1.54, 1.807) is 6.20 Å². The normalized spacial score (nSPS) is 13.3. The van der Waals surface area contributed by atoms with E-state index in [4.69, 9.17) is 9.47 Å². The Morgan fingerprint density at radius 3 is 2.46 bits per heavy atom. The molecule has 0 radical (unpaired) electrons. The maximum absolute atomic E-state index is 12.8. The molecule has 148 valence electrons. The lowest BCUT2D eigenvalue weighted by molar-refractivity contribution is -0.140. The van der Waals surface area contributed by atoms with Crippen molar-refractivity contribution in [3.8, 4) is 5.88 Å². The average molecular weight is 365 g/mol. The van der Waals surface area contributed by atoms with Gasteiger partial charge in [-0.05, 0) is 39.2 Å². The van der Waals surface area contributed by atoms with Gasteiger partial charge in [0.1, 0.15) is 5.60 Å². The maximum Gasteiger partial charge on any atom is 0.256 e. The number of unbranched alkanes of at least 4 members (excludes halogenated alkanes) is 3. The molecule has 26 heavy (non-hydrogen) atoms. The Bertz CT molecular complexity index is 548. The molecule has 0 aliphatic rings. The first kappa shape index (κ1) is 22.4. The topological polar surface area (TPSA) is 60.5 Å². The molecule has 1 heterocycles. The predicted molar refractivity (Wildman–Crippen MR) is 107 cm³/mol. The largest absolute Gasteiger partial charge is 0.477 e. The van der Waals surface area contributed by atoms with Gasteiger partial charge in [-0.2, -0.15) is 0 Å². The van der Waals surface area contributed by atoms with Crippen LogP contribution in [0.1, 0.15) is 78.2 Å². The lowest BCUT2D eigenvalue weighted by Crippen LogP contribution is -2.43. The summed E-state index contributed by atoms with van der Waals surface area (Å²) in [5, 5.41) is 2.97. The van der Waals surface area contributed by atoms with Crippen LogP contribution < -0.4 is 10.1 Å². The molecular weight excluding hydrogens is 328 g/mol. The van der Waals surface area contributed by atoms with Crippen LogP contribution in [-0.4, -0.2) is 29.7 Å². The highest BCUT2D eigenvalue weighted by Crippen LogP contribution is 2.24. The Labute approximate surface area is 158 Å². The van der Waals surface area contributed by atoms with Crippen LogP contribution in [0.15, 0.2) is 12.3 Å². The molecule has 0 aliphatic carbocycles. The Hall–Kier alpha value is -1.62. The molecule has 1 aromatic heterocycles. The van der Waals surface area contributed by atoms with Crippen LogP contribution in [0.3, 0.4) is 0 Å². The van der Waals surface area contributed by atoms with Gasteiger partial charge in [0.15, 0.2) is 0 Å². The van der Waals surface area contributed by atoms with E-state index in [-0.39, 0.29) is 5.91 Å². The first-order valence-corrected chi connectivity index (χ1v) is 10.0. The predicted octanol–water partition coefficient (Wildman–Crippen LogP) is 5.27. The van der Waals surface area contributed by atoms with Gasteiger partial charge in [0, 0.05) is 12.2 Å². The maximum atomic E-state index is 12.8. The van der Waals surface area contributed by atoms with E-state index in [2.05, 4.69) is 31.1 Å². The summed E-state index contributed by atoms with van der Waals surface area (Å²) < 4.78 is 11.6. The van der Waals surface area contributed by atoms with Crippen molar-refractivity contribution in [3.63, 3.8) is 0 Å². The Morgan fingerprint density at radius 1 is 1.12 bits per heavy atom. The molecule has 1 amide bonds. The van der Waals surface area contributed by atoms with Crippen molar-refractivity contribution in [2.45, 2.75) is 85.2 Å². The number of nitrogens with zero attached hydrogens (tertiary/aromatic N) is 1. The Morgan fingerprint density at radius 2 is 1.85 bits per heavy atom. The molecule has 1 unspecified atom stereocenters. The lowest BCUT2D eigenvalue weighted by Gasteiger charge is -2.28. The molecular formula is C21H36N2O3. The number of aryl methyl sites for hydroxylation is 1. The highest BCUT2D eigenvalue weighted by Gasteiger charge is 2.33. The Balaban J connectivity index is 2.76. The van der Waals surface area contributed by atoms with E-state index in [0.29, 0.717) is 24.8 Å². The molecule has 1 aromatic rings. The number of aromatic nitrogens is 1. The third-order valence-electron chi connectivity index (χ3n) is 4.39. The SMILES string of the molecule is CCCCCC(C)(OCCC)C(=O)Nc1cnc(OCCCC)c(C)c1. The highest BCUT2D eigenvalue weighted by atomic mass is 16.5. The standard InChI is InChI=1S/C21H36N2O3/c1-6-9-11-12-21(5,26-13-8-3)20(24)23-18-15-17(4)19(22-16-18)25-14-10-7-2/h15-16H,6-14H2,1-5H3,(H,23,24). The fourth-order valence-corrected chi connectivity index (χ4v) is 2.65. The van der Waals surface area contributed by atoms with E-state index in [1.807, 2.05) is 19.9 Å². The zero-order chi connectivity index (χ0) is 19.4. The molecule has 1 N–H and O–H groups in total. The van der Waals surface area contributed by atoms with Crippen LogP contribution in [0.25, 0.3) is 0 Å². The monoisotopic (exact) mass is 364 g/mol. The number of ether oxygens (including phenoxy) is 2. The summed E-state index contributed by atoms with van der Waals surface area (Å²) in [6, 6.07) is 1.90. The molecule has 0 saturated carbocycles. The van der Waals surface area contributed by atoms with Crippen LogP contribution >= 0.6 is 0 Å². The smallest absolute Gasteiger partial charge is 0.256 e. The van der Waals surface area contributed by atoms with Crippen LogP contribution in [-0.2, 0) is 9.53 Å². The second kappa shape index (κ2) is 11.9. The number of amides is 1. The fraction of sp³-hybridized carbons (Fsp3) is 0.714. The third-order valence-corrected chi connectivity index (χ3v) is 4.39. The van der Waals surface area contributed by atoms with E-state index in [0.717, 1.165) is 50.5 Å². The van der Waals surface area contributed by atoms with Gasteiger partial charge in [0.2, 0.25) is 5.88 Å². The molecule has 5 heteroatoms. The summed E-state index contributed by atoms with van der Waals surface area (Å²) in [5.74, 6) is 0.521. The molecule has 0 aromatic carbocycles. The number of pyridine rings is 1. The van der Waals surface area contributed by atoms with Crippen molar-refractivity contribution in [2.24, 2.45) is 0 Å². The molecule has 0 bridgehead atoms. The zero-order valence-electron chi connectivity index (χ0n) is 17.2. The van der Waals surface area contributed by atoms with Gasteiger partial charge in [-0.1, -0.05) is 46.5 Å². The average Bonchev–Trinajstić information content (AvgIpc) is 2.62. The number of nitrogens with one attached hydrogen (secondary N) is 1. The number of carbonyl (C=O) groups excluding carboxylic acids is 1. The summed E-state index contributed by atoms with van der Waals surface area (Å²) >= 11 is 0. The van der Waals surface area contributed by atoms with Crippen LogP contribution in [0.5, 0.6) is 5.88 Å². The number of hydrogen-bond acceptors (Lipinski definition) is 4. The van der Waals surface area contributed by atoms with Gasteiger partial charge in [-0.3, -0.25) is 4.79 Å². The highest BCUT2D eigenvalue weighted by molar-refractivity contribution is 5.97. The summed E-state index contributed by atoms with van der Waals surface area (Å²) in [6.45, 7) is 11.4. The van der Waals surface area contributed by atoms with Crippen molar-refractivity contribution in [3.05, 3.63) is 17.8 Å². The minimum absolute atomic E-state index is 0.108. The van der Waals surface area contributed by atoms with E-state index >= 15 is 0 Å². The van der Waals surface area contributed by atoms with Crippen molar-refractivity contribution >= 4 is 11.6 Å². The van der Waals surface area contributed by atoms with Crippen LogP contribution in [0.2, 0.25) is 0 Å². The molecule has 5 nitrogen and oxygen atoms in total. The van der Waals surface area contributed by atoms with Crippen molar-refractivity contribution in [2.75, 3.05) is 18.5 Å². The summed E-state index contributed by atoms with van der Waals surface area (Å²) in [7, 11) is 0. The van der Waals surface area contributed by atoms with Crippen molar-refractivity contribution in [1.29, 1.82) is 0 Å². The minimum Gasteiger partial charge on any atom is -0.477 e. The third kappa shape index (κ3) is 7.32.